The molecule has 3 rings (SSSR count). The average molecular weight is 274 g/mol. The van der Waals surface area contributed by atoms with Crippen LogP contribution in [-0.2, 0) is 20.3 Å². The number of hydrogen-bond acceptors (Lipinski definition) is 2. The Morgan fingerprint density at radius 3 is 1.50 bits per heavy atom. The second kappa shape index (κ2) is 4.85. The Kier molecular flexibility index (Phi) is 3.42. The molecule has 2 fully saturated rings. The predicted molar refractivity (Wildman–Crippen MR) is 81.2 cm³/mol. The topological polar surface area (TPSA) is 18.5 Å². The van der Waals surface area contributed by atoms with E-state index in [2.05, 4.69) is 52.0 Å². The fourth-order valence-corrected chi connectivity index (χ4v) is 4.01. The quantitative estimate of drug-likeness (QED) is 0.831. The summed E-state index contributed by atoms with van der Waals surface area (Å²) in [4.78, 5) is 0. The molecule has 0 saturated carbocycles. The molecule has 2 heterocycles. The number of hydrogen-bond donors (Lipinski definition) is 0. The summed E-state index contributed by atoms with van der Waals surface area (Å²) in [5.41, 5.74) is 3.40. The van der Waals surface area contributed by atoms with E-state index in [4.69, 9.17) is 9.47 Å². The summed E-state index contributed by atoms with van der Waals surface area (Å²) in [6.07, 6.45) is 2.91. The third-order valence-corrected chi connectivity index (χ3v) is 6.00. The molecule has 20 heavy (non-hydrogen) atoms. The Morgan fingerprint density at radius 1 is 0.900 bits per heavy atom. The first-order valence-electron chi connectivity index (χ1n) is 7.94. The maximum Gasteiger partial charge on any atom is 0.0666 e. The third kappa shape index (κ3) is 1.64. The van der Waals surface area contributed by atoms with Crippen LogP contribution in [0.5, 0.6) is 0 Å². The summed E-state index contributed by atoms with van der Waals surface area (Å²) in [7, 11) is 0. The monoisotopic (exact) mass is 274 g/mol. The van der Waals surface area contributed by atoms with Gasteiger partial charge in [0, 0.05) is 10.8 Å². The lowest BCUT2D eigenvalue weighted by Gasteiger charge is -2.54. The normalized spacial score (nSPS) is 40.0. The van der Waals surface area contributed by atoms with Crippen LogP contribution in [0.4, 0.5) is 0 Å². The fourth-order valence-electron chi connectivity index (χ4n) is 4.01. The Hall–Kier alpha value is -0.860. The molecule has 0 aromatic heterocycles. The lowest BCUT2D eigenvalue weighted by atomic mass is 9.62. The zero-order chi connectivity index (χ0) is 14.4. The van der Waals surface area contributed by atoms with Gasteiger partial charge >= 0.3 is 0 Å². The van der Waals surface area contributed by atoms with Crippen molar-refractivity contribution < 1.29 is 9.47 Å². The van der Waals surface area contributed by atoms with Gasteiger partial charge in [-0.05, 0) is 37.8 Å². The molecule has 2 saturated heterocycles. The van der Waals surface area contributed by atoms with Gasteiger partial charge in [-0.15, -0.1) is 0 Å². The molecule has 2 nitrogen and oxygen atoms in total. The van der Waals surface area contributed by atoms with Gasteiger partial charge in [0.2, 0.25) is 0 Å². The van der Waals surface area contributed by atoms with Crippen LogP contribution in [0.3, 0.4) is 0 Å². The van der Waals surface area contributed by atoms with E-state index in [1.54, 1.807) is 0 Å². The van der Waals surface area contributed by atoms with Crippen LogP contribution in [-0.4, -0.2) is 25.4 Å². The van der Waals surface area contributed by atoms with Crippen LogP contribution >= 0.6 is 0 Å². The molecule has 0 bridgehead atoms. The SMILES string of the molecule is CCC1(c2ccccc2C2(CC)COC2C)COC1C. The highest BCUT2D eigenvalue weighted by molar-refractivity contribution is 5.44. The van der Waals surface area contributed by atoms with E-state index in [0.717, 1.165) is 26.1 Å². The Balaban J connectivity index is 2.10. The third-order valence-electron chi connectivity index (χ3n) is 6.00. The van der Waals surface area contributed by atoms with Crippen molar-refractivity contribution in [3.63, 3.8) is 0 Å². The first kappa shape index (κ1) is 14.1. The van der Waals surface area contributed by atoms with E-state index in [-0.39, 0.29) is 10.8 Å². The lowest BCUT2D eigenvalue weighted by molar-refractivity contribution is -0.142. The minimum Gasteiger partial charge on any atom is -0.376 e. The molecular formula is C18H26O2. The largest absolute Gasteiger partial charge is 0.376 e. The van der Waals surface area contributed by atoms with Gasteiger partial charge in [0.05, 0.1) is 25.4 Å². The van der Waals surface area contributed by atoms with Gasteiger partial charge < -0.3 is 9.47 Å². The Morgan fingerprint density at radius 2 is 1.30 bits per heavy atom. The summed E-state index contributed by atoms with van der Waals surface area (Å²) < 4.78 is 11.5. The molecule has 0 N–H and O–H groups in total. The minimum atomic E-state index is 0.202. The molecule has 4 unspecified atom stereocenters. The summed E-state index contributed by atoms with van der Waals surface area (Å²) >= 11 is 0. The molecule has 2 aliphatic rings. The predicted octanol–water partition coefficient (Wildman–Crippen LogP) is 3.82. The maximum atomic E-state index is 5.74. The molecule has 1 aromatic rings. The fraction of sp³-hybridized carbons (Fsp3) is 0.667. The summed E-state index contributed by atoms with van der Waals surface area (Å²) in [5.74, 6) is 0. The van der Waals surface area contributed by atoms with Crippen molar-refractivity contribution in [2.45, 2.75) is 63.6 Å². The van der Waals surface area contributed by atoms with E-state index < -0.39 is 0 Å². The van der Waals surface area contributed by atoms with E-state index >= 15 is 0 Å². The second-order valence-electron chi connectivity index (χ2n) is 6.47. The Labute approximate surface area is 122 Å². The zero-order valence-corrected chi connectivity index (χ0v) is 13.1. The van der Waals surface area contributed by atoms with Crippen molar-refractivity contribution in [3.8, 4) is 0 Å². The standard InChI is InChI=1S/C18H26O2/c1-5-17(11-19-13(17)3)15-9-7-8-10-16(15)18(6-2)12-20-14(18)4/h7-10,13-14H,5-6,11-12H2,1-4H3. The van der Waals surface area contributed by atoms with Gasteiger partial charge in [0.25, 0.3) is 0 Å². The number of ether oxygens (including phenoxy) is 2. The van der Waals surface area contributed by atoms with Gasteiger partial charge in [0.1, 0.15) is 0 Å². The van der Waals surface area contributed by atoms with Gasteiger partial charge in [-0.3, -0.25) is 0 Å². The van der Waals surface area contributed by atoms with Crippen LogP contribution in [0.25, 0.3) is 0 Å². The van der Waals surface area contributed by atoms with Gasteiger partial charge in [-0.1, -0.05) is 38.1 Å². The van der Waals surface area contributed by atoms with E-state index in [1.807, 2.05) is 0 Å². The van der Waals surface area contributed by atoms with Crippen LogP contribution < -0.4 is 0 Å². The molecule has 1 aromatic carbocycles. The highest BCUT2D eigenvalue weighted by Gasteiger charge is 2.52. The van der Waals surface area contributed by atoms with Gasteiger partial charge in [-0.2, -0.15) is 0 Å². The van der Waals surface area contributed by atoms with Crippen LogP contribution in [0.1, 0.15) is 51.7 Å². The smallest absolute Gasteiger partial charge is 0.0666 e. The average Bonchev–Trinajstić information content (AvgIpc) is 2.47. The van der Waals surface area contributed by atoms with Crippen molar-refractivity contribution >= 4 is 0 Å². The number of rotatable bonds is 4. The molecule has 0 amide bonds. The van der Waals surface area contributed by atoms with Crippen molar-refractivity contribution in [2.75, 3.05) is 13.2 Å². The van der Waals surface area contributed by atoms with Gasteiger partial charge in [-0.25, -0.2) is 0 Å². The zero-order valence-electron chi connectivity index (χ0n) is 13.1. The van der Waals surface area contributed by atoms with Crippen molar-refractivity contribution in [3.05, 3.63) is 35.4 Å². The number of benzene rings is 1. The molecule has 0 spiro atoms. The highest BCUT2D eigenvalue weighted by atomic mass is 16.5. The molecule has 4 atom stereocenters. The van der Waals surface area contributed by atoms with Crippen molar-refractivity contribution in [1.82, 2.24) is 0 Å². The summed E-state index contributed by atoms with van der Waals surface area (Å²) in [6, 6.07) is 8.99. The van der Waals surface area contributed by atoms with E-state index in [0.29, 0.717) is 12.2 Å². The molecule has 0 radical (unpaired) electrons. The molecule has 2 aliphatic heterocycles. The van der Waals surface area contributed by atoms with Crippen LogP contribution in [0.15, 0.2) is 24.3 Å². The highest BCUT2D eigenvalue weighted by Crippen LogP contribution is 2.49. The molecule has 2 heteroatoms. The first-order valence-corrected chi connectivity index (χ1v) is 7.94. The Bertz CT molecular complexity index is 445. The minimum absolute atomic E-state index is 0.202. The molecule has 0 aliphatic carbocycles. The van der Waals surface area contributed by atoms with Crippen LogP contribution in [0.2, 0.25) is 0 Å². The van der Waals surface area contributed by atoms with Crippen molar-refractivity contribution in [2.24, 2.45) is 0 Å². The summed E-state index contributed by atoms with van der Waals surface area (Å²) in [6.45, 7) is 10.7. The van der Waals surface area contributed by atoms with Crippen molar-refractivity contribution in [1.29, 1.82) is 0 Å². The van der Waals surface area contributed by atoms with E-state index in [1.165, 1.54) is 11.1 Å². The van der Waals surface area contributed by atoms with Crippen LogP contribution in [0, 0.1) is 0 Å². The van der Waals surface area contributed by atoms with E-state index in [9.17, 15) is 0 Å². The van der Waals surface area contributed by atoms with Gasteiger partial charge in [0.15, 0.2) is 0 Å². The second-order valence-corrected chi connectivity index (χ2v) is 6.47. The molecular weight excluding hydrogens is 248 g/mol. The maximum absolute atomic E-state index is 5.74. The molecule has 110 valence electrons. The first-order chi connectivity index (χ1) is 9.60. The lowest BCUT2D eigenvalue weighted by Crippen LogP contribution is -2.58. The summed E-state index contributed by atoms with van der Waals surface area (Å²) in [5, 5.41) is 0.